The Kier molecular flexibility index (Phi) is 4.45. The number of nitrogen functional groups attached to an aromatic ring is 1. The number of anilines is 1. The van der Waals surface area contributed by atoms with Crippen molar-refractivity contribution in [2.75, 3.05) is 5.43 Å². The van der Waals surface area contributed by atoms with E-state index in [0.29, 0.717) is 5.69 Å². The molecule has 2 aromatic rings. The Balaban J connectivity index is 2.25. The van der Waals surface area contributed by atoms with Crippen molar-refractivity contribution >= 4 is 28.6 Å². The van der Waals surface area contributed by atoms with Crippen LogP contribution in [0.3, 0.4) is 0 Å². The maximum atomic E-state index is 12.3. The topological polar surface area (TPSA) is 123 Å². The first-order chi connectivity index (χ1) is 10.0. The third kappa shape index (κ3) is 3.33. The average molecular weight is 307 g/mol. The maximum absolute atomic E-state index is 12.3. The number of nitrogens with two attached hydrogens (primary N) is 1. The highest BCUT2D eigenvalue weighted by molar-refractivity contribution is 7.09. The van der Waals surface area contributed by atoms with Crippen LogP contribution in [0.25, 0.3) is 0 Å². The molecule has 2 rings (SSSR count). The van der Waals surface area contributed by atoms with Gasteiger partial charge in [-0.2, -0.15) is 0 Å². The van der Waals surface area contributed by atoms with Crippen LogP contribution in [0.15, 0.2) is 29.8 Å². The van der Waals surface area contributed by atoms with Gasteiger partial charge in [-0.15, -0.1) is 11.3 Å². The van der Waals surface area contributed by atoms with E-state index in [4.69, 9.17) is 5.84 Å². The van der Waals surface area contributed by atoms with Gasteiger partial charge in [0.1, 0.15) is 5.01 Å². The van der Waals surface area contributed by atoms with Gasteiger partial charge >= 0.3 is 0 Å². The molecule has 1 aromatic carbocycles. The lowest BCUT2D eigenvalue weighted by molar-refractivity contribution is -0.384. The van der Waals surface area contributed by atoms with Gasteiger partial charge in [0.25, 0.3) is 11.6 Å². The largest absolute Gasteiger partial charge is 0.343 e. The molecule has 0 bridgehead atoms. The molecule has 110 valence electrons. The summed E-state index contributed by atoms with van der Waals surface area (Å²) < 4.78 is 0. The van der Waals surface area contributed by atoms with E-state index in [9.17, 15) is 14.9 Å². The molecule has 8 nitrogen and oxygen atoms in total. The highest BCUT2D eigenvalue weighted by Crippen LogP contribution is 2.23. The number of thiazole rings is 1. The Morgan fingerprint density at radius 1 is 1.52 bits per heavy atom. The van der Waals surface area contributed by atoms with Crippen LogP contribution in [0.2, 0.25) is 0 Å². The highest BCUT2D eigenvalue weighted by Gasteiger charge is 2.19. The first-order valence-corrected chi connectivity index (χ1v) is 6.86. The number of carbonyl (C=O) groups is 1. The second kappa shape index (κ2) is 6.29. The zero-order valence-corrected chi connectivity index (χ0v) is 11.9. The predicted octanol–water partition coefficient (Wildman–Crippen LogP) is 1.83. The number of hydrogen-bond acceptors (Lipinski definition) is 7. The number of hydrogen-bond donors (Lipinski definition) is 3. The number of nitro groups is 1. The molecule has 9 heteroatoms. The molecule has 0 aliphatic carbocycles. The molecule has 0 aliphatic rings. The predicted molar refractivity (Wildman–Crippen MR) is 78.9 cm³/mol. The van der Waals surface area contributed by atoms with E-state index in [-0.39, 0.29) is 17.3 Å². The second-order valence-electron chi connectivity index (χ2n) is 4.20. The molecule has 1 amide bonds. The summed E-state index contributed by atoms with van der Waals surface area (Å²) in [5.41, 5.74) is 2.59. The van der Waals surface area contributed by atoms with Crippen LogP contribution in [0, 0.1) is 10.1 Å². The molecule has 0 radical (unpaired) electrons. The van der Waals surface area contributed by atoms with Crippen molar-refractivity contribution in [2.24, 2.45) is 5.84 Å². The van der Waals surface area contributed by atoms with Gasteiger partial charge in [0.05, 0.1) is 22.2 Å². The van der Waals surface area contributed by atoms with E-state index in [1.165, 1.54) is 29.5 Å². The van der Waals surface area contributed by atoms with Crippen molar-refractivity contribution in [3.8, 4) is 0 Å². The molecule has 0 fully saturated rings. The Labute approximate surface area is 124 Å². The maximum Gasteiger partial charge on any atom is 0.270 e. The van der Waals surface area contributed by atoms with Crippen LogP contribution in [-0.2, 0) is 0 Å². The van der Waals surface area contributed by atoms with Crippen molar-refractivity contribution in [1.29, 1.82) is 0 Å². The monoisotopic (exact) mass is 307 g/mol. The fourth-order valence-corrected chi connectivity index (χ4v) is 2.39. The van der Waals surface area contributed by atoms with Crippen LogP contribution in [-0.4, -0.2) is 15.8 Å². The smallest absolute Gasteiger partial charge is 0.270 e. The van der Waals surface area contributed by atoms with E-state index < -0.39 is 10.8 Å². The number of nitrogens with zero attached hydrogens (tertiary/aromatic N) is 2. The van der Waals surface area contributed by atoms with Crippen LogP contribution in [0.5, 0.6) is 0 Å². The molecule has 1 unspecified atom stereocenters. The van der Waals surface area contributed by atoms with Gasteiger partial charge in [0.15, 0.2) is 0 Å². The summed E-state index contributed by atoms with van der Waals surface area (Å²) in [7, 11) is 0. The lowest BCUT2D eigenvalue weighted by atomic mass is 10.1. The summed E-state index contributed by atoms with van der Waals surface area (Å²) in [6, 6.07) is 3.54. The fourth-order valence-electron chi connectivity index (χ4n) is 1.74. The number of benzene rings is 1. The Bertz CT molecular complexity index is 659. The average Bonchev–Trinajstić information content (AvgIpc) is 3.00. The van der Waals surface area contributed by atoms with E-state index in [0.717, 1.165) is 5.01 Å². The SMILES string of the molecule is CC(NC(=O)c1cc([N+](=O)[O-])ccc1NN)c1nccs1. The van der Waals surface area contributed by atoms with Crippen LogP contribution < -0.4 is 16.6 Å². The molecule has 1 atom stereocenters. The van der Waals surface area contributed by atoms with E-state index in [1.54, 1.807) is 18.5 Å². The molecule has 21 heavy (non-hydrogen) atoms. The van der Waals surface area contributed by atoms with Crippen molar-refractivity contribution < 1.29 is 9.72 Å². The zero-order valence-electron chi connectivity index (χ0n) is 11.1. The van der Waals surface area contributed by atoms with Gasteiger partial charge in [0.2, 0.25) is 0 Å². The van der Waals surface area contributed by atoms with Crippen molar-refractivity contribution in [1.82, 2.24) is 10.3 Å². The summed E-state index contributed by atoms with van der Waals surface area (Å²) in [6.07, 6.45) is 1.64. The van der Waals surface area contributed by atoms with Crippen LogP contribution in [0.4, 0.5) is 11.4 Å². The number of hydrazine groups is 1. The molecule has 0 spiro atoms. The molecule has 0 saturated heterocycles. The Morgan fingerprint density at radius 3 is 2.86 bits per heavy atom. The minimum absolute atomic E-state index is 0.107. The Hall–Kier alpha value is -2.52. The number of rotatable bonds is 5. The fraction of sp³-hybridized carbons (Fsp3) is 0.167. The lowest BCUT2D eigenvalue weighted by Crippen LogP contribution is -2.28. The summed E-state index contributed by atoms with van der Waals surface area (Å²) in [6.45, 7) is 1.78. The van der Waals surface area contributed by atoms with Crippen LogP contribution >= 0.6 is 11.3 Å². The number of carbonyl (C=O) groups excluding carboxylic acids is 1. The highest BCUT2D eigenvalue weighted by atomic mass is 32.1. The van der Waals surface area contributed by atoms with Gasteiger partial charge < -0.3 is 10.7 Å². The minimum atomic E-state index is -0.568. The molecule has 0 saturated carbocycles. The number of non-ortho nitro benzene ring substituents is 1. The van der Waals surface area contributed by atoms with E-state index in [2.05, 4.69) is 15.7 Å². The standard InChI is InChI=1S/C12H13N5O3S/c1-7(12-14-4-5-21-12)15-11(18)9-6-8(17(19)20)2-3-10(9)16-13/h2-7,16H,13H2,1H3,(H,15,18). The first-order valence-electron chi connectivity index (χ1n) is 5.98. The molecule has 4 N–H and O–H groups in total. The summed E-state index contributed by atoms with van der Waals surface area (Å²) in [5.74, 6) is 4.87. The lowest BCUT2D eigenvalue weighted by Gasteiger charge is -2.13. The number of nitrogens with one attached hydrogen (secondary N) is 2. The minimum Gasteiger partial charge on any atom is -0.343 e. The molecule has 1 heterocycles. The van der Waals surface area contributed by atoms with Crippen molar-refractivity contribution in [3.63, 3.8) is 0 Å². The number of amides is 1. The molecular formula is C12H13N5O3S. The van der Waals surface area contributed by atoms with E-state index >= 15 is 0 Å². The van der Waals surface area contributed by atoms with Crippen molar-refractivity contribution in [2.45, 2.75) is 13.0 Å². The summed E-state index contributed by atoms with van der Waals surface area (Å²) in [5, 5.41) is 16.1. The normalized spacial score (nSPS) is 11.7. The third-order valence-corrected chi connectivity index (χ3v) is 3.74. The van der Waals surface area contributed by atoms with Crippen molar-refractivity contribution in [3.05, 3.63) is 50.5 Å². The quantitative estimate of drug-likeness (QED) is 0.440. The first kappa shape index (κ1) is 14.9. The summed E-state index contributed by atoms with van der Waals surface area (Å²) >= 11 is 1.41. The van der Waals surface area contributed by atoms with Gasteiger partial charge in [-0.1, -0.05) is 0 Å². The third-order valence-electron chi connectivity index (χ3n) is 2.78. The van der Waals surface area contributed by atoms with Gasteiger partial charge in [-0.25, -0.2) is 4.98 Å². The van der Waals surface area contributed by atoms with E-state index in [1.807, 2.05) is 0 Å². The van der Waals surface area contributed by atoms with Gasteiger partial charge in [-0.05, 0) is 13.0 Å². The molecular weight excluding hydrogens is 294 g/mol. The zero-order chi connectivity index (χ0) is 15.4. The van der Waals surface area contributed by atoms with Gasteiger partial charge in [-0.3, -0.25) is 20.8 Å². The Morgan fingerprint density at radius 2 is 2.29 bits per heavy atom. The second-order valence-corrected chi connectivity index (χ2v) is 5.12. The molecule has 1 aromatic heterocycles. The number of nitro benzene ring substituents is 1. The van der Waals surface area contributed by atoms with Gasteiger partial charge in [0, 0.05) is 23.7 Å². The van der Waals surface area contributed by atoms with Crippen LogP contribution in [0.1, 0.15) is 28.3 Å². The summed E-state index contributed by atoms with van der Waals surface area (Å²) in [4.78, 5) is 26.6. The molecule has 0 aliphatic heterocycles. The number of aromatic nitrogens is 1.